The van der Waals surface area contributed by atoms with Crippen LogP contribution in [-0.2, 0) is 11.2 Å². The van der Waals surface area contributed by atoms with Crippen molar-refractivity contribution in [3.8, 4) is 0 Å². The number of nitrogens with zero attached hydrogens (tertiary/aromatic N) is 1. The number of aryl methyl sites for hydroxylation is 1. The molecule has 0 N–H and O–H groups in total. The van der Waals surface area contributed by atoms with Crippen molar-refractivity contribution in [3.63, 3.8) is 0 Å². The third-order valence-electron chi connectivity index (χ3n) is 3.50. The number of carbonyl (C=O) groups is 1. The summed E-state index contributed by atoms with van der Waals surface area (Å²) >= 11 is 5.84. The van der Waals surface area contributed by atoms with Crippen LogP contribution < -0.4 is 0 Å². The lowest BCUT2D eigenvalue weighted by Crippen LogP contribution is -2.31. The Labute approximate surface area is 114 Å². The molecule has 1 saturated heterocycles. The molecule has 0 saturated carbocycles. The van der Waals surface area contributed by atoms with Gasteiger partial charge < -0.3 is 4.90 Å². The van der Waals surface area contributed by atoms with E-state index >= 15 is 0 Å². The molecule has 1 amide bonds. The van der Waals surface area contributed by atoms with Gasteiger partial charge in [-0.15, -0.1) is 0 Å². The van der Waals surface area contributed by atoms with Crippen molar-refractivity contribution in [2.75, 3.05) is 13.1 Å². The molecule has 18 heavy (non-hydrogen) atoms. The Hall–Kier alpha value is -1.02. The first kappa shape index (κ1) is 13.4. The monoisotopic (exact) mass is 265 g/mol. The molecule has 0 radical (unpaired) electrons. The van der Waals surface area contributed by atoms with Crippen molar-refractivity contribution in [1.29, 1.82) is 0 Å². The molecule has 1 aromatic carbocycles. The summed E-state index contributed by atoms with van der Waals surface area (Å²) in [6.07, 6.45) is 6.27. The third-order valence-corrected chi connectivity index (χ3v) is 3.75. The zero-order valence-electron chi connectivity index (χ0n) is 10.7. The fourth-order valence-corrected chi connectivity index (χ4v) is 2.51. The van der Waals surface area contributed by atoms with Gasteiger partial charge >= 0.3 is 0 Å². The number of carbonyl (C=O) groups excluding carboxylic acids is 1. The number of likely N-dealkylation sites (tertiary alicyclic amines) is 1. The lowest BCUT2D eigenvalue weighted by Gasteiger charge is -2.20. The molecule has 1 fully saturated rings. The molecule has 2 nitrogen and oxygen atoms in total. The minimum absolute atomic E-state index is 0.298. The first-order valence-electron chi connectivity index (χ1n) is 6.78. The Morgan fingerprint density at radius 2 is 1.67 bits per heavy atom. The van der Waals surface area contributed by atoms with Crippen molar-refractivity contribution in [2.24, 2.45) is 0 Å². The van der Waals surface area contributed by atoms with Crippen LogP contribution in [0.1, 0.15) is 37.7 Å². The van der Waals surface area contributed by atoms with Gasteiger partial charge in [-0.3, -0.25) is 4.79 Å². The van der Waals surface area contributed by atoms with Crippen LogP contribution in [-0.4, -0.2) is 23.9 Å². The fourth-order valence-electron chi connectivity index (χ4n) is 2.38. The van der Waals surface area contributed by atoms with Crippen LogP contribution in [0.3, 0.4) is 0 Å². The van der Waals surface area contributed by atoms with E-state index < -0.39 is 0 Å². The van der Waals surface area contributed by atoms with Gasteiger partial charge in [0.05, 0.1) is 0 Å². The van der Waals surface area contributed by atoms with Crippen molar-refractivity contribution in [3.05, 3.63) is 34.9 Å². The normalized spacial score (nSPS) is 16.4. The highest BCUT2D eigenvalue weighted by Crippen LogP contribution is 2.14. The highest BCUT2D eigenvalue weighted by atomic mass is 35.5. The summed E-state index contributed by atoms with van der Waals surface area (Å²) in [5.41, 5.74) is 1.18. The van der Waals surface area contributed by atoms with E-state index in [2.05, 4.69) is 0 Å². The van der Waals surface area contributed by atoms with Crippen LogP contribution in [0.4, 0.5) is 0 Å². The zero-order chi connectivity index (χ0) is 12.8. The highest BCUT2D eigenvalue weighted by molar-refractivity contribution is 6.30. The van der Waals surface area contributed by atoms with Gasteiger partial charge in [0.15, 0.2) is 0 Å². The average Bonchev–Trinajstić information content (AvgIpc) is 2.66. The van der Waals surface area contributed by atoms with Gasteiger partial charge in [0.2, 0.25) is 5.91 Å². The van der Waals surface area contributed by atoms with Gasteiger partial charge in [0, 0.05) is 24.5 Å². The summed E-state index contributed by atoms with van der Waals surface area (Å²) < 4.78 is 0. The first-order valence-corrected chi connectivity index (χ1v) is 7.16. The van der Waals surface area contributed by atoms with Gasteiger partial charge in [-0.1, -0.05) is 36.6 Å². The molecule has 1 aromatic rings. The Bertz CT molecular complexity index is 380. The second-order valence-corrected chi connectivity index (χ2v) is 5.36. The molecule has 98 valence electrons. The fraction of sp³-hybridized carbons (Fsp3) is 0.533. The minimum atomic E-state index is 0.298. The van der Waals surface area contributed by atoms with Gasteiger partial charge in [-0.25, -0.2) is 0 Å². The summed E-state index contributed by atoms with van der Waals surface area (Å²) in [6.45, 7) is 1.89. The second-order valence-electron chi connectivity index (χ2n) is 4.92. The van der Waals surface area contributed by atoms with Crippen LogP contribution in [0.15, 0.2) is 24.3 Å². The zero-order valence-corrected chi connectivity index (χ0v) is 11.5. The standard InChI is InChI=1S/C15H20ClNO/c16-14-8-5-13(6-9-14)7-10-15(18)17-11-3-1-2-4-12-17/h5-6,8-9H,1-4,7,10-12H2. The van der Waals surface area contributed by atoms with Crippen LogP contribution >= 0.6 is 11.6 Å². The molecular formula is C15H20ClNO. The summed E-state index contributed by atoms with van der Waals surface area (Å²) in [5.74, 6) is 0.298. The molecule has 0 atom stereocenters. The van der Waals surface area contributed by atoms with Gasteiger partial charge in [-0.05, 0) is 37.0 Å². The largest absolute Gasteiger partial charge is 0.343 e. The number of benzene rings is 1. The molecule has 3 heteroatoms. The Morgan fingerprint density at radius 3 is 2.28 bits per heavy atom. The molecule has 0 spiro atoms. The van der Waals surface area contributed by atoms with Crippen LogP contribution in [0.2, 0.25) is 5.02 Å². The first-order chi connectivity index (χ1) is 8.75. The van der Waals surface area contributed by atoms with E-state index in [9.17, 15) is 4.79 Å². The number of hydrogen-bond donors (Lipinski definition) is 0. The van der Waals surface area contributed by atoms with Crippen molar-refractivity contribution < 1.29 is 4.79 Å². The number of amides is 1. The lowest BCUT2D eigenvalue weighted by atomic mass is 10.1. The van der Waals surface area contributed by atoms with Crippen LogP contribution in [0, 0.1) is 0 Å². The summed E-state index contributed by atoms with van der Waals surface area (Å²) in [5, 5.41) is 0.748. The Balaban J connectivity index is 1.81. The van der Waals surface area contributed by atoms with E-state index in [0.29, 0.717) is 12.3 Å². The molecule has 1 aliphatic rings. The predicted octanol–water partition coefficient (Wildman–Crippen LogP) is 3.68. The summed E-state index contributed by atoms with van der Waals surface area (Å²) in [6, 6.07) is 7.76. The Kier molecular flexibility index (Phi) is 5.06. The predicted molar refractivity (Wildman–Crippen MR) is 74.8 cm³/mol. The topological polar surface area (TPSA) is 20.3 Å². The molecular weight excluding hydrogens is 246 g/mol. The molecule has 0 aliphatic carbocycles. The SMILES string of the molecule is O=C(CCc1ccc(Cl)cc1)N1CCCCCC1. The molecule has 0 aromatic heterocycles. The van der Waals surface area contributed by atoms with Crippen LogP contribution in [0.25, 0.3) is 0 Å². The van der Waals surface area contributed by atoms with E-state index in [1.165, 1.54) is 18.4 Å². The smallest absolute Gasteiger partial charge is 0.222 e. The van der Waals surface area contributed by atoms with Gasteiger partial charge in [0.1, 0.15) is 0 Å². The highest BCUT2D eigenvalue weighted by Gasteiger charge is 2.14. The van der Waals surface area contributed by atoms with E-state index in [0.717, 1.165) is 37.4 Å². The molecule has 1 aliphatic heterocycles. The van der Waals surface area contributed by atoms with Crippen molar-refractivity contribution >= 4 is 17.5 Å². The molecule has 0 unspecified atom stereocenters. The minimum Gasteiger partial charge on any atom is -0.343 e. The Morgan fingerprint density at radius 1 is 1.06 bits per heavy atom. The number of hydrogen-bond acceptors (Lipinski definition) is 1. The lowest BCUT2D eigenvalue weighted by molar-refractivity contribution is -0.131. The number of rotatable bonds is 3. The maximum Gasteiger partial charge on any atom is 0.222 e. The molecule has 2 rings (SSSR count). The third kappa shape index (κ3) is 4.02. The van der Waals surface area contributed by atoms with E-state index in [1.807, 2.05) is 29.2 Å². The molecule has 1 heterocycles. The average molecular weight is 266 g/mol. The summed E-state index contributed by atoms with van der Waals surface area (Å²) in [7, 11) is 0. The van der Waals surface area contributed by atoms with Crippen molar-refractivity contribution in [1.82, 2.24) is 4.90 Å². The van der Waals surface area contributed by atoms with Crippen molar-refractivity contribution in [2.45, 2.75) is 38.5 Å². The summed E-state index contributed by atoms with van der Waals surface area (Å²) in [4.78, 5) is 14.1. The van der Waals surface area contributed by atoms with E-state index in [-0.39, 0.29) is 0 Å². The molecule has 0 bridgehead atoms. The van der Waals surface area contributed by atoms with Crippen LogP contribution in [0.5, 0.6) is 0 Å². The number of halogens is 1. The quantitative estimate of drug-likeness (QED) is 0.817. The van der Waals surface area contributed by atoms with Gasteiger partial charge in [0.25, 0.3) is 0 Å². The van der Waals surface area contributed by atoms with E-state index in [4.69, 9.17) is 11.6 Å². The van der Waals surface area contributed by atoms with E-state index in [1.54, 1.807) is 0 Å². The second kappa shape index (κ2) is 6.79. The maximum absolute atomic E-state index is 12.1. The maximum atomic E-state index is 12.1. The van der Waals surface area contributed by atoms with Gasteiger partial charge in [-0.2, -0.15) is 0 Å².